The van der Waals surface area contributed by atoms with Gasteiger partial charge in [-0.15, -0.1) is 0 Å². The van der Waals surface area contributed by atoms with Gasteiger partial charge < -0.3 is 0 Å². The molecule has 0 radical (unpaired) electrons. The van der Waals surface area contributed by atoms with Crippen LogP contribution >= 0.6 is 0 Å². The van der Waals surface area contributed by atoms with E-state index in [-0.39, 0.29) is 11.0 Å². The average Bonchev–Trinajstić information content (AvgIpc) is 3.30. The van der Waals surface area contributed by atoms with Crippen LogP contribution in [-0.4, -0.2) is 0 Å². The zero-order valence-electron chi connectivity index (χ0n) is 34.7. The molecular formula is C57H54N+. The van der Waals surface area contributed by atoms with E-state index in [0.717, 1.165) is 19.3 Å². The highest BCUT2D eigenvalue weighted by atomic mass is 15.1. The molecule has 2 heterocycles. The highest BCUT2D eigenvalue weighted by Crippen LogP contribution is 2.51. The lowest BCUT2D eigenvalue weighted by Crippen LogP contribution is -2.67. The van der Waals surface area contributed by atoms with Gasteiger partial charge in [-0.25, -0.2) is 0 Å². The maximum Gasteiger partial charge on any atom is 0.221 e. The molecule has 1 aromatic heterocycles. The Balaban J connectivity index is 1.15. The van der Waals surface area contributed by atoms with Gasteiger partial charge in [0.2, 0.25) is 5.69 Å². The maximum atomic E-state index is 2.61. The summed E-state index contributed by atoms with van der Waals surface area (Å²) in [5, 5.41) is 2.60. The average molecular weight is 753 g/mol. The molecule has 286 valence electrons. The van der Waals surface area contributed by atoms with Crippen molar-refractivity contribution in [1.29, 1.82) is 0 Å². The van der Waals surface area contributed by atoms with E-state index in [1.54, 1.807) is 0 Å². The first-order chi connectivity index (χ1) is 28.3. The van der Waals surface area contributed by atoms with Crippen LogP contribution in [0.3, 0.4) is 0 Å². The summed E-state index contributed by atoms with van der Waals surface area (Å²) >= 11 is 0. The van der Waals surface area contributed by atoms with Crippen LogP contribution in [0, 0.1) is 0 Å². The first-order valence-electron chi connectivity index (χ1n) is 21.4. The standard InChI is InChI=1S/C57H54N/c1-6-9-17-40-26-28-42(29-27-40)44-21-15-23-46(34-44)50-36-49(41-18-11-10-12-19-41)37-51(38-50)47-24-16-22-45(35-47)48-30-31-54-53(39-48)55-52-25-14-13-20-43(52)32-33-58(55)57(5,8-3)56(54,4)7-2/h10-16,18-39H,6-9,17H2,1-5H3/q+1. The van der Waals surface area contributed by atoms with Crippen molar-refractivity contribution in [3.63, 3.8) is 0 Å². The molecule has 1 aliphatic heterocycles. The molecule has 0 N–H and O–H groups in total. The Kier molecular flexibility index (Phi) is 9.94. The van der Waals surface area contributed by atoms with Crippen LogP contribution in [0.2, 0.25) is 0 Å². The second-order valence-electron chi connectivity index (χ2n) is 16.8. The van der Waals surface area contributed by atoms with E-state index in [1.165, 1.54) is 102 Å². The van der Waals surface area contributed by atoms with E-state index in [2.05, 4.69) is 215 Å². The minimum atomic E-state index is -0.0601. The fourth-order valence-electron chi connectivity index (χ4n) is 9.75. The van der Waals surface area contributed by atoms with E-state index < -0.39 is 0 Å². The number of aromatic nitrogens is 1. The molecule has 0 aliphatic carbocycles. The summed E-state index contributed by atoms with van der Waals surface area (Å²) in [4.78, 5) is 0. The summed E-state index contributed by atoms with van der Waals surface area (Å²) in [6.07, 6.45) is 8.05. The van der Waals surface area contributed by atoms with Gasteiger partial charge in [0.05, 0.1) is 16.4 Å². The molecule has 0 spiro atoms. The molecule has 0 bridgehead atoms. The highest BCUT2D eigenvalue weighted by molar-refractivity contribution is 5.95. The molecule has 2 unspecified atom stereocenters. The van der Waals surface area contributed by atoms with Crippen LogP contribution in [0.25, 0.3) is 77.7 Å². The van der Waals surface area contributed by atoms with Gasteiger partial charge >= 0.3 is 0 Å². The molecule has 9 rings (SSSR count). The number of unbranched alkanes of at least 4 members (excludes halogenated alkanes) is 1. The molecular weight excluding hydrogens is 699 g/mol. The number of nitrogens with zero attached hydrogens (tertiary/aromatic N) is 1. The van der Waals surface area contributed by atoms with Gasteiger partial charge in [0.25, 0.3) is 0 Å². The van der Waals surface area contributed by atoms with Crippen molar-refractivity contribution in [2.24, 2.45) is 0 Å². The van der Waals surface area contributed by atoms with Crippen LogP contribution in [0.1, 0.15) is 71.4 Å². The zero-order chi connectivity index (χ0) is 39.9. The third kappa shape index (κ3) is 6.48. The van der Waals surface area contributed by atoms with Gasteiger partial charge in [0, 0.05) is 19.4 Å². The van der Waals surface area contributed by atoms with Crippen LogP contribution < -0.4 is 4.57 Å². The first kappa shape index (κ1) is 37.5. The fourth-order valence-corrected chi connectivity index (χ4v) is 9.75. The summed E-state index contributed by atoms with van der Waals surface area (Å²) < 4.78 is 2.61. The van der Waals surface area contributed by atoms with Crippen molar-refractivity contribution in [1.82, 2.24) is 0 Å². The number of aryl methyl sites for hydroxylation is 1. The predicted octanol–water partition coefficient (Wildman–Crippen LogP) is 15.3. The predicted molar refractivity (Wildman–Crippen MR) is 247 cm³/mol. The molecule has 1 nitrogen and oxygen atoms in total. The lowest BCUT2D eigenvalue weighted by atomic mass is 9.60. The highest BCUT2D eigenvalue weighted by Gasteiger charge is 2.56. The number of pyridine rings is 1. The van der Waals surface area contributed by atoms with Crippen molar-refractivity contribution in [3.05, 3.63) is 187 Å². The molecule has 58 heavy (non-hydrogen) atoms. The lowest BCUT2D eigenvalue weighted by molar-refractivity contribution is -0.764. The van der Waals surface area contributed by atoms with Gasteiger partial charge in [-0.2, -0.15) is 4.57 Å². The molecule has 1 heteroatoms. The normalized spacial score (nSPS) is 17.2. The minimum absolute atomic E-state index is 0.0265. The van der Waals surface area contributed by atoms with E-state index in [4.69, 9.17) is 0 Å². The summed E-state index contributed by atoms with van der Waals surface area (Å²) in [5.74, 6) is 0. The smallest absolute Gasteiger partial charge is 0.192 e. The fraction of sp³-hybridized carbons (Fsp3) is 0.211. The summed E-state index contributed by atoms with van der Waals surface area (Å²) in [6, 6.07) is 63.8. The zero-order valence-corrected chi connectivity index (χ0v) is 34.7. The van der Waals surface area contributed by atoms with Gasteiger partial charge in [-0.05, 0) is 141 Å². The molecule has 7 aromatic carbocycles. The van der Waals surface area contributed by atoms with Crippen LogP contribution in [0.5, 0.6) is 0 Å². The number of fused-ring (bicyclic) bond motifs is 5. The third-order valence-corrected chi connectivity index (χ3v) is 13.7. The Bertz CT molecular complexity index is 2760. The molecule has 2 atom stereocenters. The van der Waals surface area contributed by atoms with Crippen molar-refractivity contribution >= 4 is 10.8 Å². The third-order valence-electron chi connectivity index (χ3n) is 13.7. The second-order valence-corrected chi connectivity index (χ2v) is 16.8. The van der Waals surface area contributed by atoms with Crippen molar-refractivity contribution in [2.45, 2.75) is 77.7 Å². The SMILES string of the molecule is CCCCc1ccc(-c2cccc(-c3cc(-c4ccccc4)cc(-c4cccc(-c5ccc6c(c5)-c5c7ccccc7cc[n+]5C(C)(CC)C6(C)CC)c4)c3)c2)cc1. The quantitative estimate of drug-likeness (QED) is 0.123. The molecule has 0 saturated heterocycles. The van der Waals surface area contributed by atoms with Gasteiger partial charge in [-0.3, -0.25) is 0 Å². The van der Waals surface area contributed by atoms with Gasteiger partial charge in [0.15, 0.2) is 11.7 Å². The molecule has 8 aromatic rings. The number of hydrogen-bond donors (Lipinski definition) is 0. The summed E-state index contributed by atoms with van der Waals surface area (Å²) in [7, 11) is 0. The monoisotopic (exact) mass is 752 g/mol. The lowest BCUT2D eigenvalue weighted by Gasteiger charge is -2.46. The Morgan fingerprint density at radius 2 is 0.966 bits per heavy atom. The largest absolute Gasteiger partial charge is 0.221 e. The van der Waals surface area contributed by atoms with Crippen molar-refractivity contribution in [2.75, 3.05) is 0 Å². The number of benzene rings is 7. The van der Waals surface area contributed by atoms with Crippen LogP contribution in [0.15, 0.2) is 176 Å². The molecule has 1 aliphatic rings. The van der Waals surface area contributed by atoms with Crippen molar-refractivity contribution in [3.8, 4) is 66.9 Å². The maximum absolute atomic E-state index is 2.61. The van der Waals surface area contributed by atoms with Gasteiger partial charge in [0.1, 0.15) is 0 Å². The summed E-state index contributed by atoms with van der Waals surface area (Å²) in [6.45, 7) is 11.9. The van der Waals surface area contributed by atoms with E-state index >= 15 is 0 Å². The number of rotatable bonds is 10. The Morgan fingerprint density at radius 3 is 1.60 bits per heavy atom. The number of hydrogen-bond acceptors (Lipinski definition) is 0. The van der Waals surface area contributed by atoms with Crippen LogP contribution in [-0.2, 0) is 17.4 Å². The Labute approximate surface area is 345 Å². The van der Waals surface area contributed by atoms with Crippen LogP contribution in [0.4, 0.5) is 0 Å². The van der Waals surface area contributed by atoms with Crippen molar-refractivity contribution < 1.29 is 4.57 Å². The van der Waals surface area contributed by atoms with Gasteiger partial charge in [-0.1, -0.05) is 149 Å². The second kappa shape index (κ2) is 15.4. The molecule has 0 saturated carbocycles. The summed E-state index contributed by atoms with van der Waals surface area (Å²) in [5.41, 5.74) is 17.7. The minimum Gasteiger partial charge on any atom is -0.192 e. The topological polar surface area (TPSA) is 3.88 Å². The Hall–Kier alpha value is -6.05. The van der Waals surface area contributed by atoms with E-state index in [1.807, 2.05) is 0 Å². The first-order valence-corrected chi connectivity index (χ1v) is 21.4. The van der Waals surface area contributed by atoms with E-state index in [0.29, 0.717) is 0 Å². The molecule has 0 fully saturated rings. The Morgan fingerprint density at radius 1 is 0.448 bits per heavy atom. The molecule has 0 amide bonds. The van der Waals surface area contributed by atoms with E-state index in [9.17, 15) is 0 Å².